The first-order chi connectivity index (χ1) is 14.2. The highest BCUT2D eigenvalue weighted by atomic mass is 19.1. The number of carbonyl (C=O) groups excluding carboxylic acids is 1. The molecule has 2 aromatic heterocycles. The van der Waals surface area contributed by atoms with Crippen molar-refractivity contribution in [2.45, 2.75) is 32.5 Å². The van der Waals surface area contributed by atoms with Gasteiger partial charge < -0.3 is 9.64 Å². The van der Waals surface area contributed by atoms with E-state index in [0.717, 1.165) is 23.4 Å². The van der Waals surface area contributed by atoms with Crippen molar-refractivity contribution in [1.82, 2.24) is 19.7 Å². The molecule has 1 atom stereocenters. The summed E-state index contributed by atoms with van der Waals surface area (Å²) in [4.78, 5) is 18.9. The molecule has 1 aliphatic heterocycles. The minimum absolute atomic E-state index is 0.0179. The predicted octanol–water partition coefficient (Wildman–Crippen LogP) is 3.40. The van der Waals surface area contributed by atoms with Gasteiger partial charge in [-0.1, -0.05) is 6.92 Å². The molecular formula is C22H23FN4O2. The Balaban J connectivity index is 1.44. The second-order valence-electron chi connectivity index (χ2n) is 7.08. The highest BCUT2D eigenvalue weighted by Gasteiger charge is 2.30. The van der Waals surface area contributed by atoms with Crippen LogP contribution in [0.15, 0.2) is 55.0 Å². The first-order valence-electron chi connectivity index (χ1n) is 9.78. The monoisotopic (exact) mass is 394 g/mol. The zero-order valence-corrected chi connectivity index (χ0v) is 16.3. The van der Waals surface area contributed by atoms with E-state index in [2.05, 4.69) is 10.1 Å². The fourth-order valence-corrected chi connectivity index (χ4v) is 3.61. The first kappa shape index (κ1) is 19.3. The van der Waals surface area contributed by atoms with E-state index in [9.17, 15) is 9.18 Å². The van der Waals surface area contributed by atoms with E-state index in [0.29, 0.717) is 31.7 Å². The van der Waals surface area contributed by atoms with Crippen LogP contribution in [-0.2, 0) is 17.8 Å². The molecule has 0 radical (unpaired) electrons. The second-order valence-corrected chi connectivity index (χ2v) is 7.08. The number of hydrogen-bond acceptors (Lipinski definition) is 4. The van der Waals surface area contributed by atoms with Crippen molar-refractivity contribution in [1.29, 1.82) is 0 Å². The smallest absolute Gasteiger partial charge is 0.257 e. The normalized spacial score (nSPS) is 16.3. The number of hydrogen-bond donors (Lipinski definition) is 0. The van der Waals surface area contributed by atoms with E-state index in [-0.39, 0.29) is 17.8 Å². The summed E-state index contributed by atoms with van der Waals surface area (Å²) >= 11 is 0. The van der Waals surface area contributed by atoms with Crippen molar-refractivity contribution >= 4 is 5.91 Å². The van der Waals surface area contributed by atoms with Crippen molar-refractivity contribution in [3.8, 4) is 5.69 Å². The van der Waals surface area contributed by atoms with Gasteiger partial charge in [-0.3, -0.25) is 9.78 Å². The molecule has 7 heteroatoms. The summed E-state index contributed by atoms with van der Waals surface area (Å²) in [5.74, 6) is -0.338. The number of carbonyl (C=O) groups is 1. The lowest BCUT2D eigenvalue weighted by molar-refractivity contribution is 0.0437. The lowest BCUT2D eigenvalue weighted by Crippen LogP contribution is -2.30. The number of ether oxygens (including phenoxy) is 1. The van der Waals surface area contributed by atoms with Gasteiger partial charge in [-0.2, -0.15) is 5.10 Å². The largest absolute Gasteiger partial charge is 0.372 e. The van der Waals surface area contributed by atoms with E-state index in [1.807, 2.05) is 24.0 Å². The molecule has 3 aromatic rings. The van der Waals surface area contributed by atoms with Gasteiger partial charge in [0.2, 0.25) is 0 Å². The quantitative estimate of drug-likeness (QED) is 0.643. The van der Waals surface area contributed by atoms with Crippen LogP contribution >= 0.6 is 0 Å². The van der Waals surface area contributed by atoms with E-state index >= 15 is 0 Å². The Bertz CT molecular complexity index is 972. The Morgan fingerprint density at radius 1 is 1.21 bits per heavy atom. The van der Waals surface area contributed by atoms with Crippen LogP contribution in [-0.4, -0.2) is 44.8 Å². The fraction of sp³-hybridized carbons (Fsp3) is 0.318. The Hall–Kier alpha value is -3.06. The van der Waals surface area contributed by atoms with Crippen LogP contribution in [0.25, 0.3) is 5.69 Å². The summed E-state index contributed by atoms with van der Waals surface area (Å²) in [5.41, 5.74) is 3.22. The molecule has 0 spiro atoms. The topological polar surface area (TPSA) is 60.3 Å². The standard InChI is InChI=1S/C22H23FN4O2/c1-2-21-20(13-25-27(21)18-5-3-17(23)4-6-18)22(28)26-12-9-19(14-26)29-15-16-7-10-24-11-8-16/h3-8,10-11,13,19H,2,9,12,14-15H2,1H3/t19-/m1/s1. The van der Waals surface area contributed by atoms with Gasteiger partial charge in [-0.05, 0) is 54.8 Å². The van der Waals surface area contributed by atoms with Crippen molar-refractivity contribution in [2.75, 3.05) is 13.1 Å². The number of nitrogens with zero attached hydrogens (tertiary/aromatic N) is 4. The van der Waals surface area contributed by atoms with Gasteiger partial charge in [-0.15, -0.1) is 0 Å². The Morgan fingerprint density at radius 3 is 2.69 bits per heavy atom. The minimum atomic E-state index is -0.301. The van der Waals surface area contributed by atoms with Gasteiger partial charge in [0.15, 0.2) is 0 Å². The van der Waals surface area contributed by atoms with E-state index in [4.69, 9.17) is 4.74 Å². The zero-order valence-electron chi connectivity index (χ0n) is 16.3. The zero-order chi connectivity index (χ0) is 20.2. The molecule has 4 rings (SSSR count). The van der Waals surface area contributed by atoms with Crippen LogP contribution in [0.3, 0.4) is 0 Å². The first-order valence-corrected chi connectivity index (χ1v) is 9.78. The fourth-order valence-electron chi connectivity index (χ4n) is 3.61. The van der Waals surface area contributed by atoms with Gasteiger partial charge in [0.25, 0.3) is 5.91 Å². The third-order valence-corrected chi connectivity index (χ3v) is 5.17. The molecule has 1 amide bonds. The molecule has 1 aromatic carbocycles. The van der Waals surface area contributed by atoms with Gasteiger partial charge in [0.1, 0.15) is 5.82 Å². The molecule has 3 heterocycles. The van der Waals surface area contributed by atoms with Gasteiger partial charge in [0, 0.05) is 25.5 Å². The van der Waals surface area contributed by atoms with Crippen LogP contribution in [0.4, 0.5) is 4.39 Å². The molecule has 29 heavy (non-hydrogen) atoms. The maximum atomic E-state index is 13.2. The summed E-state index contributed by atoms with van der Waals surface area (Å²) in [6, 6.07) is 9.96. The van der Waals surface area contributed by atoms with Crippen molar-refractivity contribution in [3.05, 3.63) is 77.6 Å². The molecule has 0 bridgehead atoms. The number of halogens is 1. The molecular weight excluding hydrogens is 371 g/mol. The predicted molar refractivity (Wildman–Crippen MR) is 106 cm³/mol. The van der Waals surface area contributed by atoms with Crippen molar-refractivity contribution < 1.29 is 13.9 Å². The maximum Gasteiger partial charge on any atom is 0.257 e. The Morgan fingerprint density at radius 2 is 1.97 bits per heavy atom. The average molecular weight is 394 g/mol. The van der Waals surface area contributed by atoms with Crippen LogP contribution in [0.2, 0.25) is 0 Å². The van der Waals surface area contributed by atoms with E-state index in [1.54, 1.807) is 35.4 Å². The van der Waals surface area contributed by atoms with Gasteiger partial charge in [-0.25, -0.2) is 9.07 Å². The number of aromatic nitrogens is 3. The number of rotatable bonds is 6. The summed E-state index contributed by atoms with van der Waals surface area (Å²) in [7, 11) is 0. The number of benzene rings is 1. The summed E-state index contributed by atoms with van der Waals surface area (Å²) < 4.78 is 20.9. The molecule has 1 saturated heterocycles. The lowest BCUT2D eigenvalue weighted by Gasteiger charge is -2.17. The van der Waals surface area contributed by atoms with Crippen LogP contribution < -0.4 is 0 Å². The molecule has 6 nitrogen and oxygen atoms in total. The van der Waals surface area contributed by atoms with Crippen LogP contribution in [0.1, 0.15) is 35.0 Å². The highest BCUT2D eigenvalue weighted by molar-refractivity contribution is 5.95. The van der Waals surface area contributed by atoms with Gasteiger partial charge >= 0.3 is 0 Å². The second kappa shape index (κ2) is 8.53. The molecule has 1 fully saturated rings. The lowest BCUT2D eigenvalue weighted by atomic mass is 10.1. The number of pyridine rings is 1. The summed E-state index contributed by atoms with van der Waals surface area (Å²) in [6.45, 7) is 3.72. The summed E-state index contributed by atoms with van der Waals surface area (Å²) in [5, 5.41) is 4.38. The van der Waals surface area contributed by atoms with Crippen molar-refractivity contribution in [2.24, 2.45) is 0 Å². The van der Waals surface area contributed by atoms with Crippen molar-refractivity contribution in [3.63, 3.8) is 0 Å². The molecule has 0 N–H and O–H groups in total. The third kappa shape index (κ3) is 4.19. The minimum Gasteiger partial charge on any atom is -0.372 e. The molecule has 0 saturated carbocycles. The van der Waals surface area contributed by atoms with Crippen LogP contribution in [0, 0.1) is 5.82 Å². The van der Waals surface area contributed by atoms with E-state index < -0.39 is 0 Å². The third-order valence-electron chi connectivity index (χ3n) is 5.17. The molecule has 150 valence electrons. The maximum absolute atomic E-state index is 13.2. The molecule has 0 unspecified atom stereocenters. The Kier molecular flexibility index (Phi) is 5.67. The average Bonchev–Trinajstić information content (AvgIpc) is 3.40. The summed E-state index contributed by atoms with van der Waals surface area (Å²) in [6.07, 6.45) is 6.57. The van der Waals surface area contributed by atoms with Crippen LogP contribution in [0.5, 0.6) is 0 Å². The highest BCUT2D eigenvalue weighted by Crippen LogP contribution is 2.21. The van der Waals surface area contributed by atoms with E-state index in [1.165, 1.54) is 12.1 Å². The Labute approximate surface area is 168 Å². The number of likely N-dealkylation sites (tertiary alicyclic amines) is 1. The molecule has 1 aliphatic rings. The van der Waals surface area contributed by atoms with Gasteiger partial charge in [0.05, 0.1) is 35.9 Å². The molecule has 0 aliphatic carbocycles. The number of amides is 1. The SMILES string of the molecule is CCc1c(C(=O)N2CC[C@@H](OCc3ccncc3)C2)cnn1-c1ccc(F)cc1.